The molecule has 2 aromatic rings. The molecule has 1 aromatic heterocycles. The van der Waals surface area contributed by atoms with Crippen molar-refractivity contribution in [2.45, 2.75) is 13.0 Å². The first kappa shape index (κ1) is 15.6. The molecule has 0 aliphatic carbocycles. The Labute approximate surface area is 136 Å². The number of aromatic nitrogens is 2. The first-order valence-corrected chi connectivity index (χ1v) is 7.76. The summed E-state index contributed by atoms with van der Waals surface area (Å²) >= 11 is 0. The van der Waals surface area contributed by atoms with E-state index in [-0.39, 0.29) is 11.9 Å². The second-order valence-corrected chi connectivity index (χ2v) is 5.76. The lowest BCUT2D eigenvalue weighted by molar-refractivity contribution is 0.0631. The van der Waals surface area contributed by atoms with E-state index in [1.165, 1.54) is 0 Å². The van der Waals surface area contributed by atoms with Crippen LogP contribution < -0.4 is 10.1 Å². The van der Waals surface area contributed by atoms with Crippen molar-refractivity contribution in [3.63, 3.8) is 0 Å². The van der Waals surface area contributed by atoms with Gasteiger partial charge in [0.15, 0.2) is 0 Å². The Morgan fingerprint density at radius 2 is 2.17 bits per heavy atom. The largest absolute Gasteiger partial charge is 0.496 e. The number of carbonyl (C=O) groups is 1. The Bertz CT molecular complexity index is 710. The number of piperazine rings is 1. The number of nitrogens with one attached hydrogen (secondary N) is 1. The third kappa shape index (κ3) is 2.94. The van der Waals surface area contributed by atoms with E-state index in [1.807, 2.05) is 43.1 Å². The van der Waals surface area contributed by atoms with Gasteiger partial charge in [-0.1, -0.05) is 18.2 Å². The zero-order valence-corrected chi connectivity index (χ0v) is 13.7. The van der Waals surface area contributed by atoms with Crippen molar-refractivity contribution in [3.8, 4) is 5.75 Å². The maximum atomic E-state index is 13.0. The lowest BCUT2D eigenvalue weighted by Crippen LogP contribution is -2.48. The molecule has 122 valence electrons. The van der Waals surface area contributed by atoms with Gasteiger partial charge in [-0.2, -0.15) is 5.10 Å². The monoisotopic (exact) mass is 314 g/mol. The van der Waals surface area contributed by atoms with Crippen molar-refractivity contribution in [1.29, 1.82) is 0 Å². The number of hydrogen-bond donors (Lipinski definition) is 1. The lowest BCUT2D eigenvalue weighted by Gasteiger charge is -2.37. The Hall–Kier alpha value is -2.34. The van der Waals surface area contributed by atoms with Crippen LogP contribution in [0.1, 0.15) is 27.7 Å². The zero-order valence-electron chi connectivity index (χ0n) is 13.7. The third-order valence-electron chi connectivity index (χ3n) is 4.25. The van der Waals surface area contributed by atoms with Gasteiger partial charge in [-0.25, -0.2) is 0 Å². The molecular weight excluding hydrogens is 292 g/mol. The van der Waals surface area contributed by atoms with Crippen LogP contribution in [0.5, 0.6) is 5.75 Å². The van der Waals surface area contributed by atoms with Crippen LogP contribution in [0.25, 0.3) is 0 Å². The summed E-state index contributed by atoms with van der Waals surface area (Å²) in [6.45, 7) is 4.03. The highest BCUT2D eigenvalue weighted by molar-refractivity contribution is 5.95. The van der Waals surface area contributed by atoms with E-state index in [0.717, 1.165) is 23.6 Å². The molecule has 1 aliphatic heterocycles. The number of methoxy groups -OCH3 is 1. The molecule has 1 aromatic carbocycles. The van der Waals surface area contributed by atoms with Crippen LogP contribution in [-0.2, 0) is 7.05 Å². The maximum Gasteiger partial charge on any atom is 0.257 e. The van der Waals surface area contributed by atoms with Crippen LogP contribution in [0.3, 0.4) is 0 Å². The number of benzene rings is 1. The predicted molar refractivity (Wildman–Crippen MR) is 87.6 cm³/mol. The summed E-state index contributed by atoms with van der Waals surface area (Å²) < 4.78 is 7.16. The molecule has 1 amide bonds. The van der Waals surface area contributed by atoms with Crippen molar-refractivity contribution in [2.24, 2.45) is 7.05 Å². The number of hydrogen-bond acceptors (Lipinski definition) is 4. The summed E-state index contributed by atoms with van der Waals surface area (Å²) in [6.07, 6.45) is 1.79. The van der Waals surface area contributed by atoms with Crippen molar-refractivity contribution in [1.82, 2.24) is 20.0 Å². The highest BCUT2D eigenvalue weighted by atomic mass is 16.5. The van der Waals surface area contributed by atoms with Crippen LogP contribution in [0.15, 0.2) is 30.5 Å². The maximum absolute atomic E-state index is 13.0. The molecule has 0 radical (unpaired) electrons. The number of carbonyl (C=O) groups excluding carboxylic acids is 1. The minimum atomic E-state index is -0.0491. The summed E-state index contributed by atoms with van der Waals surface area (Å²) in [5, 5.41) is 7.66. The molecule has 0 bridgehead atoms. The Morgan fingerprint density at radius 3 is 2.87 bits per heavy atom. The van der Waals surface area contributed by atoms with E-state index in [4.69, 9.17) is 4.74 Å². The summed E-state index contributed by atoms with van der Waals surface area (Å²) in [5.41, 5.74) is 2.45. The lowest BCUT2D eigenvalue weighted by atomic mass is 10.0. The fraction of sp³-hybridized carbons (Fsp3) is 0.412. The van der Waals surface area contributed by atoms with Crippen LogP contribution >= 0.6 is 0 Å². The SMILES string of the molecule is COc1ccccc1C1CNCCN1C(=O)c1cn(C)nc1C. The van der Waals surface area contributed by atoms with E-state index in [9.17, 15) is 4.79 Å². The molecule has 1 N–H and O–H groups in total. The molecule has 6 heteroatoms. The number of para-hydroxylation sites is 1. The number of ether oxygens (including phenoxy) is 1. The number of rotatable bonds is 3. The second-order valence-electron chi connectivity index (χ2n) is 5.76. The van der Waals surface area contributed by atoms with Crippen molar-refractivity contribution in [2.75, 3.05) is 26.7 Å². The van der Waals surface area contributed by atoms with Crippen molar-refractivity contribution >= 4 is 5.91 Å². The van der Waals surface area contributed by atoms with E-state index in [1.54, 1.807) is 18.0 Å². The summed E-state index contributed by atoms with van der Waals surface area (Å²) in [4.78, 5) is 14.9. The molecule has 1 atom stereocenters. The van der Waals surface area contributed by atoms with Crippen molar-refractivity contribution < 1.29 is 9.53 Å². The van der Waals surface area contributed by atoms with Gasteiger partial charge in [0.2, 0.25) is 0 Å². The van der Waals surface area contributed by atoms with Gasteiger partial charge >= 0.3 is 0 Å². The Morgan fingerprint density at radius 1 is 1.39 bits per heavy atom. The molecule has 1 unspecified atom stereocenters. The fourth-order valence-corrected chi connectivity index (χ4v) is 3.13. The molecular formula is C17H22N4O2. The molecule has 0 spiro atoms. The molecule has 2 heterocycles. The van der Waals surface area contributed by atoms with E-state index in [0.29, 0.717) is 18.7 Å². The first-order chi connectivity index (χ1) is 11.1. The molecule has 0 saturated carbocycles. The minimum absolute atomic E-state index is 0.0213. The predicted octanol–water partition coefficient (Wildman–Crippen LogP) is 1.52. The Balaban J connectivity index is 1.96. The smallest absolute Gasteiger partial charge is 0.257 e. The highest BCUT2D eigenvalue weighted by Gasteiger charge is 2.31. The van der Waals surface area contributed by atoms with Crippen LogP contribution in [0.4, 0.5) is 0 Å². The van der Waals surface area contributed by atoms with E-state index in [2.05, 4.69) is 10.4 Å². The number of aryl methyl sites for hydroxylation is 2. The van der Waals surface area contributed by atoms with Gasteiger partial charge in [0.1, 0.15) is 5.75 Å². The minimum Gasteiger partial charge on any atom is -0.496 e. The topological polar surface area (TPSA) is 59.4 Å². The highest BCUT2D eigenvalue weighted by Crippen LogP contribution is 2.31. The average Bonchev–Trinajstić information content (AvgIpc) is 2.92. The van der Waals surface area contributed by atoms with E-state index >= 15 is 0 Å². The van der Waals surface area contributed by atoms with Crippen molar-refractivity contribution in [3.05, 3.63) is 47.3 Å². The molecule has 1 fully saturated rings. The summed E-state index contributed by atoms with van der Waals surface area (Å²) in [5.74, 6) is 0.829. The van der Waals surface area contributed by atoms with Gasteiger partial charge in [0, 0.05) is 38.4 Å². The third-order valence-corrected chi connectivity index (χ3v) is 4.25. The number of amides is 1. The summed E-state index contributed by atoms with van der Waals surface area (Å²) in [7, 11) is 3.49. The molecule has 23 heavy (non-hydrogen) atoms. The standard InChI is InChI=1S/C17H22N4O2/c1-12-14(11-20(2)19-12)17(22)21-9-8-18-10-15(21)13-6-4-5-7-16(13)23-3/h4-7,11,15,18H,8-10H2,1-3H3. The van der Waals surface area contributed by atoms with Gasteiger partial charge in [-0.05, 0) is 13.0 Å². The zero-order chi connectivity index (χ0) is 16.4. The van der Waals surface area contributed by atoms with E-state index < -0.39 is 0 Å². The Kier molecular flexibility index (Phi) is 4.34. The van der Waals surface area contributed by atoms with Crippen LogP contribution in [0.2, 0.25) is 0 Å². The second kappa shape index (κ2) is 6.42. The molecule has 6 nitrogen and oxygen atoms in total. The van der Waals surface area contributed by atoms with Gasteiger partial charge in [-0.15, -0.1) is 0 Å². The molecule has 1 aliphatic rings. The number of nitrogens with zero attached hydrogens (tertiary/aromatic N) is 3. The van der Waals surface area contributed by atoms with Crippen LogP contribution in [0, 0.1) is 6.92 Å². The fourth-order valence-electron chi connectivity index (χ4n) is 3.13. The van der Waals surface area contributed by atoms with Gasteiger partial charge < -0.3 is 15.0 Å². The van der Waals surface area contributed by atoms with Gasteiger partial charge in [0.05, 0.1) is 24.4 Å². The van der Waals surface area contributed by atoms with Gasteiger partial charge in [-0.3, -0.25) is 9.48 Å². The normalized spacial score (nSPS) is 18.0. The summed E-state index contributed by atoms with van der Waals surface area (Å²) in [6, 6.07) is 7.82. The quantitative estimate of drug-likeness (QED) is 0.933. The van der Waals surface area contributed by atoms with Gasteiger partial charge in [0.25, 0.3) is 5.91 Å². The molecule has 1 saturated heterocycles. The first-order valence-electron chi connectivity index (χ1n) is 7.76. The average molecular weight is 314 g/mol. The van der Waals surface area contributed by atoms with Crippen LogP contribution in [-0.4, -0.2) is 47.3 Å². The molecule has 3 rings (SSSR count).